The summed E-state index contributed by atoms with van der Waals surface area (Å²) in [6.07, 6.45) is 3.49. The van der Waals surface area contributed by atoms with E-state index in [1.807, 2.05) is 0 Å². The molecule has 1 N–H and O–H groups in total. The lowest BCUT2D eigenvalue weighted by Crippen LogP contribution is -2.30. The smallest absolute Gasteiger partial charge is 0.254 e. The van der Waals surface area contributed by atoms with Gasteiger partial charge in [0, 0.05) is 13.5 Å². The summed E-state index contributed by atoms with van der Waals surface area (Å²) in [5.74, 6) is 2.64. The maximum Gasteiger partial charge on any atom is 0.254 e. The zero-order chi connectivity index (χ0) is 14.3. The number of carbonyl (C=O) groups is 1. The van der Waals surface area contributed by atoms with Crippen molar-refractivity contribution in [3.8, 4) is 23.8 Å². The molecule has 0 fully saturated rings. The standard InChI is InChI=1S/C14H16FNO3/c1-4-7-19-12-6-5-10(9-13(12)18-3)8-11(15)14(17)16-2/h1,5-6,9,11H,7-8H2,2-3H3,(H,16,17). The molecule has 1 aromatic carbocycles. The molecule has 5 heteroatoms. The first-order valence-electron chi connectivity index (χ1n) is 5.71. The van der Waals surface area contributed by atoms with Gasteiger partial charge in [-0.2, -0.15) is 0 Å². The van der Waals surface area contributed by atoms with Gasteiger partial charge in [-0.05, 0) is 17.7 Å². The van der Waals surface area contributed by atoms with E-state index in [0.717, 1.165) is 0 Å². The van der Waals surface area contributed by atoms with Crippen LogP contribution in [0.3, 0.4) is 0 Å². The van der Waals surface area contributed by atoms with Crippen molar-refractivity contribution in [2.45, 2.75) is 12.6 Å². The molecule has 0 aliphatic rings. The number of hydrogen-bond acceptors (Lipinski definition) is 3. The largest absolute Gasteiger partial charge is 0.493 e. The van der Waals surface area contributed by atoms with Crippen LogP contribution in [0.25, 0.3) is 0 Å². The van der Waals surface area contributed by atoms with Crippen LogP contribution in [0.15, 0.2) is 18.2 Å². The molecule has 0 heterocycles. The minimum absolute atomic E-state index is 0.0224. The fraction of sp³-hybridized carbons (Fsp3) is 0.357. The molecule has 19 heavy (non-hydrogen) atoms. The maximum absolute atomic E-state index is 13.5. The average molecular weight is 265 g/mol. The highest BCUT2D eigenvalue weighted by Gasteiger charge is 2.17. The molecule has 0 aromatic heterocycles. The zero-order valence-corrected chi connectivity index (χ0v) is 10.9. The Balaban J connectivity index is 2.82. The van der Waals surface area contributed by atoms with Gasteiger partial charge in [0.2, 0.25) is 0 Å². The summed E-state index contributed by atoms with van der Waals surface area (Å²) in [6.45, 7) is 0.125. The second-order valence-corrected chi connectivity index (χ2v) is 3.76. The molecule has 1 atom stereocenters. The third kappa shape index (κ3) is 4.18. The monoisotopic (exact) mass is 265 g/mol. The normalized spacial score (nSPS) is 11.3. The highest BCUT2D eigenvalue weighted by molar-refractivity contribution is 5.80. The Morgan fingerprint density at radius 1 is 1.53 bits per heavy atom. The minimum atomic E-state index is -1.59. The molecule has 102 valence electrons. The quantitative estimate of drug-likeness (QED) is 0.789. The first kappa shape index (κ1) is 14.8. The summed E-state index contributed by atoms with van der Waals surface area (Å²) in [6, 6.07) is 4.94. The van der Waals surface area contributed by atoms with E-state index in [1.54, 1.807) is 18.2 Å². The Bertz CT molecular complexity index is 482. The Kier molecular flexibility index (Phi) is 5.68. The fourth-order valence-corrected chi connectivity index (χ4v) is 1.53. The van der Waals surface area contributed by atoms with Crippen molar-refractivity contribution in [3.63, 3.8) is 0 Å². The van der Waals surface area contributed by atoms with Gasteiger partial charge >= 0.3 is 0 Å². The summed E-state index contributed by atoms with van der Waals surface area (Å²) in [5, 5.41) is 2.26. The molecule has 1 aromatic rings. The third-order valence-electron chi connectivity index (χ3n) is 2.48. The van der Waals surface area contributed by atoms with Crippen LogP contribution < -0.4 is 14.8 Å². The van der Waals surface area contributed by atoms with Crippen LogP contribution in [0.2, 0.25) is 0 Å². The second-order valence-electron chi connectivity index (χ2n) is 3.76. The predicted octanol–water partition coefficient (Wildman–Crippen LogP) is 1.33. The molecule has 4 nitrogen and oxygen atoms in total. The molecule has 0 saturated heterocycles. The number of nitrogens with one attached hydrogen (secondary N) is 1. The topological polar surface area (TPSA) is 47.6 Å². The van der Waals surface area contributed by atoms with Crippen LogP contribution in [0.4, 0.5) is 4.39 Å². The number of alkyl halides is 1. The number of halogens is 1. The summed E-state index contributed by atoms with van der Waals surface area (Å²) in [7, 11) is 2.87. The SMILES string of the molecule is C#CCOc1ccc(CC(F)C(=O)NC)cc1OC. The highest BCUT2D eigenvalue weighted by atomic mass is 19.1. The van der Waals surface area contributed by atoms with E-state index < -0.39 is 12.1 Å². The molecule has 1 rings (SSSR count). The minimum Gasteiger partial charge on any atom is -0.493 e. The van der Waals surface area contributed by atoms with Crippen LogP contribution in [0, 0.1) is 12.3 Å². The van der Waals surface area contributed by atoms with Crippen LogP contribution in [0.5, 0.6) is 11.5 Å². The lowest BCUT2D eigenvalue weighted by Gasteiger charge is -2.12. The number of hydrogen-bond donors (Lipinski definition) is 1. The molecule has 1 amide bonds. The van der Waals surface area contributed by atoms with Gasteiger partial charge in [-0.15, -0.1) is 6.42 Å². The van der Waals surface area contributed by atoms with E-state index >= 15 is 0 Å². The van der Waals surface area contributed by atoms with E-state index in [-0.39, 0.29) is 13.0 Å². The first-order valence-corrected chi connectivity index (χ1v) is 5.71. The van der Waals surface area contributed by atoms with Gasteiger partial charge in [0.1, 0.15) is 6.61 Å². The van der Waals surface area contributed by atoms with Gasteiger partial charge in [-0.25, -0.2) is 4.39 Å². The highest BCUT2D eigenvalue weighted by Crippen LogP contribution is 2.28. The van der Waals surface area contributed by atoms with Crippen molar-refractivity contribution in [2.75, 3.05) is 20.8 Å². The molecular weight excluding hydrogens is 249 g/mol. The molecular formula is C14H16FNO3. The number of amides is 1. The van der Waals surface area contributed by atoms with Crippen LogP contribution in [-0.2, 0) is 11.2 Å². The van der Waals surface area contributed by atoms with Crippen molar-refractivity contribution in [2.24, 2.45) is 0 Å². The maximum atomic E-state index is 13.5. The summed E-state index contributed by atoms with van der Waals surface area (Å²) in [5.41, 5.74) is 0.640. The van der Waals surface area contributed by atoms with Crippen LogP contribution in [0.1, 0.15) is 5.56 Å². The van der Waals surface area contributed by atoms with Gasteiger partial charge in [0.05, 0.1) is 7.11 Å². The van der Waals surface area contributed by atoms with E-state index in [2.05, 4.69) is 11.2 Å². The van der Waals surface area contributed by atoms with E-state index in [1.165, 1.54) is 14.2 Å². The lowest BCUT2D eigenvalue weighted by atomic mass is 10.1. The number of terminal acetylenes is 1. The summed E-state index contributed by atoms with van der Waals surface area (Å²) >= 11 is 0. The number of benzene rings is 1. The molecule has 0 bridgehead atoms. The third-order valence-corrected chi connectivity index (χ3v) is 2.48. The van der Waals surface area contributed by atoms with Gasteiger partial charge in [-0.3, -0.25) is 4.79 Å². The van der Waals surface area contributed by atoms with Gasteiger partial charge in [0.15, 0.2) is 17.7 Å². The Labute approximate surface area is 111 Å². The zero-order valence-electron chi connectivity index (χ0n) is 10.9. The van der Waals surface area contributed by atoms with Crippen molar-refractivity contribution in [3.05, 3.63) is 23.8 Å². The average Bonchev–Trinajstić information content (AvgIpc) is 2.44. The van der Waals surface area contributed by atoms with Gasteiger partial charge in [-0.1, -0.05) is 12.0 Å². The molecule has 0 spiro atoms. The van der Waals surface area contributed by atoms with Crippen molar-refractivity contribution < 1.29 is 18.7 Å². The van der Waals surface area contributed by atoms with Crippen molar-refractivity contribution in [1.82, 2.24) is 5.32 Å². The molecule has 1 unspecified atom stereocenters. The molecule has 0 saturated carbocycles. The molecule has 0 radical (unpaired) electrons. The number of rotatable bonds is 6. The Hall–Kier alpha value is -2.22. The van der Waals surface area contributed by atoms with E-state index in [4.69, 9.17) is 15.9 Å². The van der Waals surface area contributed by atoms with Gasteiger partial charge < -0.3 is 14.8 Å². The van der Waals surface area contributed by atoms with Crippen molar-refractivity contribution >= 4 is 5.91 Å². The lowest BCUT2D eigenvalue weighted by molar-refractivity contribution is -0.125. The van der Waals surface area contributed by atoms with Crippen LogP contribution in [-0.4, -0.2) is 32.8 Å². The van der Waals surface area contributed by atoms with E-state index in [9.17, 15) is 9.18 Å². The fourth-order valence-electron chi connectivity index (χ4n) is 1.53. The molecule has 0 aliphatic heterocycles. The molecule has 0 aliphatic carbocycles. The van der Waals surface area contributed by atoms with Crippen molar-refractivity contribution in [1.29, 1.82) is 0 Å². The number of carbonyl (C=O) groups excluding carboxylic acids is 1. The second kappa shape index (κ2) is 7.27. The Morgan fingerprint density at radius 3 is 2.84 bits per heavy atom. The summed E-state index contributed by atoms with van der Waals surface area (Å²) < 4.78 is 23.9. The van der Waals surface area contributed by atoms with Crippen LogP contribution >= 0.6 is 0 Å². The summed E-state index contributed by atoms with van der Waals surface area (Å²) in [4.78, 5) is 11.1. The predicted molar refractivity (Wildman–Crippen MR) is 70.0 cm³/mol. The first-order chi connectivity index (χ1) is 9.12. The number of ether oxygens (including phenoxy) is 2. The van der Waals surface area contributed by atoms with E-state index in [0.29, 0.717) is 17.1 Å². The Morgan fingerprint density at radius 2 is 2.26 bits per heavy atom. The van der Waals surface area contributed by atoms with Gasteiger partial charge in [0.25, 0.3) is 5.91 Å². The number of methoxy groups -OCH3 is 1.